The minimum Gasteiger partial charge on any atom is -0.489 e. The lowest BCUT2D eigenvalue weighted by Crippen LogP contribution is -2.18. The van der Waals surface area contributed by atoms with Crippen LogP contribution in [0.2, 0.25) is 0 Å². The third-order valence-electron chi connectivity index (χ3n) is 1.74. The van der Waals surface area contributed by atoms with Crippen molar-refractivity contribution in [1.82, 2.24) is 4.98 Å². The van der Waals surface area contributed by atoms with Gasteiger partial charge in [0.2, 0.25) is 11.4 Å². The highest BCUT2D eigenvalue weighted by Crippen LogP contribution is 2.37. The zero-order chi connectivity index (χ0) is 13.9. The molecule has 0 bridgehead atoms. The molecule has 100 valence electrons. The highest BCUT2D eigenvalue weighted by Gasteiger charge is 2.35. The zero-order valence-electron chi connectivity index (χ0n) is 8.82. The van der Waals surface area contributed by atoms with Crippen LogP contribution in [0, 0.1) is 10.1 Å². The van der Waals surface area contributed by atoms with Crippen LogP contribution in [0.1, 0.15) is 5.69 Å². The maximum Gasteiger partial charge on any atom is 0.573 e. The Morgan fingerprint density at radius 1 is 1.56 bits per heavy atom. The van der Waals surface area contributed by atoms with Crippen LogP contribution in [0.5, 0.6) is 11.5 Å². The van der Waals surface area contributed by atoms with Gasteiger partial charge in [0.05, 0.1) is 19.1 Å². The Morgan fingerprint density at radius 3 is 2.56 bits per heavy atom. The van der Waals surface area contributed by atoms with Crippen molar-refractivity contribution >= 4 is 17.4 Å². The second-order valence-electron chi connectivity index (χ2n) is 2.90. The third kappa shape index (κ3) is 3.36. The lowest BCUT2D eigenvalue weighted by atomic mass is 10.3. The van der Waals surface area contributed by atoms with Crippen molar-refractivity contribution in [3.8, 4) is 11.5 Å². The summed E-state index contributed by atoms with van der Waals surface area (Å²) in [5.41, 5.74) is -0.215. The van der Waals surface area contributed by atoms with Crippen LogP contribution in [0.3, 0.4) is 0 Å². The minimum absolute atomic E-state index is 0.215. The number of methoxy groups -OCH3 is 1. The minimum atomic E-state index is -5.01. The van der Waals surface area contributed by atoms with Gasteiger partial charge >= 0.3 is 12.2 Å². The first-order chi connectivity index (χ1) is 8.28. The predicted octanol–water partition coefficient (Wildman–Crippen LogP) is 2.64. The van der Waals surface area contributed by atoms with Crippen molar-refractivity contribution in [2.24, 2.45) is 0 Å². The van der Waals surface area contributed by atoms with Crippen molar-refractivity contribution in [1.29, 1.82) is 0 Å². The van der Waals surface area contributed by atoms with E-state index in [9.17, 15) is 23.3 Å². The second-order valence-corrected chi connectivity index (χ2v) is 3.16. The Labute approximate surface area is 103 Å². The van der Waals surface area contributed by atoms with Gasteiger partial charge in [0.25, 0.3) is 0 Å². The lowest BCUT2D eigenvalue weighted by Gasteiger charge is -2.12. The molecule has 0 radical (unpaired) electrons. The fraction of sp³-hybridized carbons (Fsp3) is 0.375. The number of aromatic nitrogens is 1. The van der Waals surface area contributed by atoms with Crippen molar-refractivity contribution in [2.75, 3.05) is 7.11 Å². The Bertz CT molecular complexity index is 466. The molecule has 0 saturated carbocycles. The van der Waals surface area contributed by atoms with Gasteiger partial charge in [0.15, 0.2) is 5.75 Å². The molecule has 6 nitrogen and oxygen atoms in total. The van der Waals surface area contributed by atoms with Crippen molar-refractivity contribution < 1.29 is 27.6 Å². The van der Waals surface area contributed by atoms with E-state index in [1.165, 1.54) is 0 Å². The maximum absolute atomic E-state index is 12.1. The fourth-order valence-electron chi connectivity index (χ4n) is 1.15. The first-order valence-electron chi connectivity index (χ1n) is 4.32. The molecular formula is C8H6ClF3N2O4. The van der Waals surface area contributed by atoms with Crippen LogP contribution >= 0.6 is 11.6 Å². The van der Waals surface area contributed by atoms with Crippen LogP contribution in [-0.2, 0) is 5.88 Å². The fourth-order valence-corrected chi connectivity index (χ4v) is 1.33. The SMILES string of the molecule is COc1c(OC(F)(F)F)cc([N+](=O)[O-])nc1CCl. The van der Waals surface area contributed by atoms with Crippen LogP contribution in [-0.4, -0.2) is 23.4 Å². The van der Waals surface area contributed by atoms with E-state index >= 15 is 0 Å². The lowest BCUT2D eigenvalue weighted by molar-refractivity contribution is -0.389. The molecule has 0 unspecified atom stereocenters. The van der Waals surface area contributed by atoms with E-state index in [0.717, 1.165) is 7.11 Å². The topological polar surface area (TPSA) is 74.5 Å². The molecule has 1 aromatic heterocycles. The molecule has 0 aliphatic carbocycles. The Morgan fingerprint density at radius 2 is 2.17 bits per heavy atom. The Hall–Kier alpha value is -1.77. The number of hydrogen-bond donors (Lipinski definition) is 0. The van der Waals surface area contributed by atoms with Crippen molar-refractivity contribution in [2.45, 2.75) is 12.2 Å². The Balaban J connectivity index is 3.35. The molecular weight excluding hydrogens is 281 g/mol. The van der Waals surface area contributed by atoms with Gasteiger partial charge in [-0.25, -0.2) is 0 Å². The van der Waals surface area contributed by atoms with Gasteiger partial charge in [0.1, 0.15) is 0 Å². The summed E-state index contributed by atoms with van der Waals surface area (Å²) in [4.78, 5) is 13.0. The standard InChI is InChI=1S/C8H6ClF3N2O4/c1-17-7-4(3-9)13-6(14(15)16)2-5(7)18-8(10,11)12/h2H,3H2,1H3. The first kappa shape index (κ1) is 14.3. The molecule has 0 amide bonds. The molecule has 18 heavy (non-hydrogen) atoms. The number of rotatable bonds is 4. The molecule has 10 heteroatoms. The van der Waals surface area contributed by atoms with E-state index in [2.05, 4.69) is 14.5 Å². The van der Waals surface area contributed by atoms with Gasteiger partial charge < -0.3 is 19.6 Å². The highest BCUT2D eigenvalue weighted by molar-refractivity contribution is 6.17. The molecule has 0 aromatic carbocycles. The maximum atomic E-state index is 12.1. The van der Waals surface area contributed by atoms with Crippen LogP contribution in [0.4, 0.5) is 19.0 Å². The number of hydrogen-bond acceptors (Lipinski definition) is 5. The molecule has 1 rings (SSSR count). The third-order valence-corrected chi connectivity index (χ3v) is 1.99. The summed E-state index contributed by atoms with van der Waals surface area (Å²) in [6, 6.07) is 0.516. The molecule has 0 N–H and O–H groups in total. The molecule has 0 spiro atoms. The quantitative estimate of drug-likeness (QED) is 0.483. The van der Waals surface area contributed by atoms with Crippen molar-refractivity contribution in [3.63, 3.8) is 0 Å². The average molecular weight is 287 g/mol. The summed E-state index contributed by atoms with van der Waals surface area (Å²) in [5.74, 6) is -2.43. The molecule has 0 saturated heterocycles. The number of halogens is 4. The van der Waals surface area contributed by atoms with Crippen molar-refractivity contribution in [3.05, 3.63) is 21.9 Å². The summed E-state index contributed by atoms with van der Waals surface area (Å²) in [7, 11) is 1.07. The second kappa shape index (κ2) is 5.25. The predicted molar refractivity (Wildman–Crippen MR) is 53.7 cm³/mol. The molecule has 0 aliphatic heterocycles. The smallest absolute Gasteiger partial charge is 0.489 e. The summed E-state index contributed by atoms with van der Waals surface area (Å²) >= 11 is 5.43. The zero-order valence-corrected chi connectivity index (χ0v) is 9.58. The molecule has 0 aliphatic rings. The van der Waals surface area contributed by atoms with E-state index in [-0.39, 0.29) is 11.6 Å². The highest BCUT2D eigenvalue weighted by atomic mass is 35.5. The summed E-state index contributed by atoms with van der Waals surface area (Å²) in [6.07, 6.45) is -5.01. The first-order valence-corrected chi connectivity index (χ1v) is 4.86. The number of alkyl halides is 4. The van der Waals surface area contributed by atoms with E-state index in [1.54, 1.807) is 0 Å². The Kier molecular flexibility index (Phi) is 4.17. The summed E-state index contributed by atoms with van der Waals surface area (Å²) in [6.45, 7) is 0. The molecule has 0 atom stereocenters. The van der Waals surface area contributed by atoms with Crippen LogP contribution in [0.15, 0.2) is 6.07 Å². The number of nitrogens with zero attached hydrogens (tertiary/aromatic N) is 2. The van der Waals surface area contributed by atoms with Gasteiger partial charge in [-0.05, 0) is 9.91 Å². The average Bonchev–Trinajstić information content (AvgIpc) is 2.25. The normalized spacial score (nSPS) is 11.2. The monoisotopic (exact) mass is 286 g/mol. The molecule has 1 heterocycles. The van der Waals surface area contributed by atoms with Crippen LogP contribution in [0.25, 0.3) is 0 Å². The van der Waals surface area contributed by atoms with Gasteiger partial charge in [-0.1, -0.05) is 0 Å². The number of ether oxygens (including phenoxy) is 2. The van der Waals surface area contributed by atoms with Gasteiger partial charge in [-0.15, -0.1) is 24.8 Å². The van der Waals surface area contributed by atoms with E-state index in [1.807, 2.05) is 0 Å². The van der Waals surface area contributed by atoms with Crippen LogP contribution < -0.4 is 9.47 Å². The number of pyridine rings is 1. The van der Waals surface area contributed by atoms with E-state index < -0.39 is 28.6 Å². The van der Waals surface area contributed by atoms with Gasteiger partial charge in [-0.2, -0.15) is 0 Å². The van der Waals surface area contributed by atoms with Gasteiger partial charge in [-0.3, -0.25) is 0 Å². The molecule has 0 fully saturated rings. The van der Waals surface area contributed by atoms with Gasteiger partial charge in [0, 0.05) is 0 Å². The summed E-state index contributed by atoms with van der Waals surface area (Å²) in [5, 5.41) is 10.5. The van der Waals surface area contributed by atoms with E-state index in [4.69, 9.17) is 11.6 Å². The number of nitro groups is 1. The molecule has 1 aromatic rings. The summed E-state index contributed by atoms with van der Waals surface area (Å²) < 4.78 is 44.7. The largest absolute Gasteiger partial charge is 0.573 e. The van der Waals surface area contributed by atoms with E-state index in [0.29, 0.717) is 6.07 Å².